The van der Waals surface area contributed by atoms with E-state index in [0.717, 1.165) is 6.07 Å². The van der Waals surface area contributed by atoms with Crippen LogP contribution in [0.3, 0.4) is 0 Å². The molecule has 0 saturated heterocycles. The van der Waals surface area contributed by atoms with E-state index in [9.17, 15) is 21.6 Å². The molecule has 0 aromatic heterocycles. The van der Waals surface area contributed by atoms with Crippen molar-refractivity contribution in [2.45, 2.75) is 30.0 Å². The van der Waals surface area contributed by atoms with Gasteiger partial charge in [-0.05, 0) is 31.0 Å². The number of hydrogen-bond donors (Lipinski definition) is 0. The van der Waals surface area contributed by atoms with Crippen LogP contribution in [0.15, 0.2) is 23.1 Å². The molecule has 4 nitrogen and oxygen atoms in total. The molecule has 1 aromatic rings. The molecule has 2 rings (SSSR count). The van der Waals surface area contributed by atoms with E-state index in [1.165, 1.54) is 12.1 Å². The fourth-order valence-corrected chi connectivity index (χ4v) is 4.02. The fraction of sp³-hybridized carbons (Fsp3) is 0.417. The first-order chi connectivity index (χ1) is 9.65. The smallest absolute Gasteiger partial charge is 0.207 e. The number of nitriles is 1. The van der Waals surface area contributed by atoms with E-state index in [4.69, 9.17) is 16.9 Å². The number of benzene rings is 1. The van der Waals surface area contributed by atoms with Gasteiger partial charge in [0.15, 0.2) is 0 Å². The average Bonchev–Trinajstić information content (AvgIpc) is 3.19. The summed E-state index contributed by atoms with van der Waals surface area (Å²) in [7, 11) is -4.40. The Labute approximate surface area is 124 Å². The molecule has 1 aliphatic rings. The molecule has 0 bridgehead atoms. The molecule has 21 heavy (non-hydrogen) atoms. The lowest BCUT2D eigenvalue weighted by Gasteiger charge is -2.23. The van der Waals surface area contributed by atoms with E-state index in [2.05, 4.69) is 0 Å². The minimum absolute atomic E-state index is 0.0146. The van der Waals surface area contributed by atoms with Crippen LogP contribution in [0.2, 0.25) is 5.02 Å². The lowest BCUT2D eigenvalue weighted by molar-refractivity contribution is -0.137. The number of rotatable bonds is 4. The molecule has 0 heterocycles. The molecule has 0 spiro atoms. The van der Waals surface area contributed by atoms with E-state index < -0.39 is 33.7 Å². The minimum Gasteiger partial charge on any atom is -0.207 e. The lowest BCUT2D eigenvalue weighted by Crippen LogP contribution is -2.40. The molecule has 1 fully saturated rings. The largest absolute Gasteiger partial charge is 0.402 e. The Kier molecular flexibility index (Phi) is 4.19. The summed E-state index contributed by atoms with van der Waals surface area (Å²) in [6.07, 6.45) is -3.88. The van der Waals surface area contributed by atoms with Gasteiger partial charge in [-0.1, -0.05) is 11.6 Å². The Morgan fingerprint density at radius 3 is 2.48 bits per heavy atom. The Morgan fingerprint density at radius 1 is 1.38 bits per heavy atom. The van der Waals surface area contributed by atoms with Crippen LogP contribution in [0, 0.1) is 11.3 Å². The van der Waals surface area contributed by atoms with Crippen molar-refractivity contribution >= 4 is 21.6 Å². The molecule has 0 radical (unpaired) electrons. The molecule has 9 heteroatoms. The van der Waals surface area contributed by atoms with Gasteiger partial charge in [0, 0.05) is 6.04 Å². The summed E-state index contributed by atoms with van der Waals surface area (Å²) in [6.45, 7) is -1.56. The summed E-state index contributed by atoms with van der Waals surface area (Å²) < 4.78 is 63.0. The summed E-state index contributed by atoms with van der Waals surface area (Å²) in [5, 5.41) is 8.58. The Morgan fingerprint density at radius 2 is 2.00 bits per heavy atom. The molecule has 0 N–H and O–H groups in total. The van der Waals surface area contributed by atoms with Crippen LogP contribution < -0.4 is 0 Å². The molecule has 114 valence electrons. The van der Waals surface area contributed by atoms with Gasteiger partial charge < -0.3 is 0 Å². The van der Waals surface area contributed by atoms with E-state index in [-0.39, 0.29) is 10.6 Å². The quantitative estimate of drug-likeness (QED) is 0.848. The van der Waals surface area contributed by atoms with Gasteiger partial charge in [0.05, 0.1) is 16.7 Å². The first-order valence-electron chi connectivity index (χ1n) is 5.93. The number of hydrogen-bond acceptors (Lipinski definition) is 3. The molecule has 0 atom stereocenters. The van der Waals surface area contributed by atoms with Crippen molar-refractivity contribution in [1.29, 1.82) is 5.26 Å². The van der Waals surface area contributed by atoms with Gasteiger partial charge in [-0.2, -0.15) is 22.7 Å². The van der Waals surface area contributed by atoms with E-state index in [1.807, 2.05) is 0 Å². The first-order valence-corrected chi connectivity index (χ1v) is 7.75. The number of halogens is 4. The van der Waals surface area contributed by atoms with Crippen LogP contribution in [-0.2, 0) is 10.0 Å². The van der Waals surface area contributed by atoms with E-state index >= 15 is 0 Å². The van der Waals surface area contributed by atoms with Crippen LogP contribution in [0.5, 0.6) is 0 Å². The maximum Gasteiger partial charge on any atom is 0.402 e. The van der Waals surface area contributed by atoms with Gasteiger partial charge in [-0.3, -0.25) is 0 Å². The third-order valence-electron chi connectivity index (χ3n) is 2.94. The Bertz CT molecular complexity index is 693. The van der Waals surface area contributed by atoms with Crippen LogP contribution in [0.4, 0.5) is 13.2 Å². The van der Waals surface area contributed by atoms with Crippen molar-refractivity contribution in [1.82, 2.24) is 4.31 Å². The zero-order valence-corrected chi connectivity index (χ0v) is 12.1. The molecule has 0 aliphatic heterocycles. The fourth-order valence-electron chi connectivity index (χ4n) is 1.85. The van der Waals surface area contributed by atoms with Crippen molar-refractivity contribution in [2.24, 2.45) is 0 Å². The molecular weight excluding hydrogens is 329 g/mol. The zero-order valence-electron chi connectivity index (χ0n) is 10.6. The van der Waals surface area contributed by atoms with Crippen molar-refractivity contribution in [2.75, 3.05) is 6.54 Å². The summed E-state index contributed by atoms with van der Waals surface area (Å²) in [5.74, 6) is 0. The van der Waals surface area contributed by atoms with Gasteiger partial charge >= 0.3 is 6.18 Å². The molecule has 1 aliphatic carbocycles. The summed E-state index contributed by atoms with van der Waals surface area (Å²) in [6, 6.07) is 4.54. The standard InChI is InChI=1S/C12H10ClF3N2O2S/c13-10-4-1-8(6-17)5-11(10)21(19,20)18(9-2-3-9)7-12(14,15)16/h1,4-5,9H,2-3,7H2. The van der Waals surface area contributed by atoms with Crippen molar-refractivity contribution in [3.05, 3.63) is 28.8 Å². The number of sulfonamides is 1. The third-order valence-corrected chi connectivity index (χ3v) is 5.32. The van der Waals surface area contributed by atoms with Gasteiger partial charge in [0.1, 0.15) is 11.4 Å². The molecule has 1 saturated carbocycles. The maximum absolute atomic E-state index is 12.6. The second kappa shape index (κ2) is 5.48. The maximum atomic E-state index is 12.6. The topological polar surface area (TPSA) is 61.2 Å². The van der Waals surface area contributed by atoms with Crippen LogP contribution in [-0.4, -0.2) is 31.5 Å². The minimum atomic E-state index is -4.64. The second-order valence-electron chi connectivity index (χ2n) is 4.65. The number of nitrogens with zero attached hydrogens (tertiary/aromatic N) is 2. The molecule has 0 amide bonds. The van der Waals surface area contributed by atoms with Crippen LogP contribution in [0.1, 0.15) is 18.4 Å². The Balaban J connectivity index is 2.46. The second-order valence-corrected chi connectivity index (χ2v) is 6.92. The van der Waals surface area contributed by atoms with E-state index in [0.29, 0.717) is 17.1 Å². The average molecular weight is 339 g/mol. The van der Waals surface area contributed by atoms with Crippen molar-refractivity contribution < 1.29 is 21.6 Å². The number of alkyl halides is 3. The van der Waals surface area contributed by atoms with Crippen molar-refractivity contribution in [3.8, 4) is 6.07 Å². The first kappa shape index (κ1) is 16.1. The highest BCUT2D eigenvalue weighted by molar-refractivity contribution is 7.89. The lowest BCUT2D eigenvalue weighted by atomic mass is 10.2. The summed E-state index contributed by atoms with van der Waals surface area (Å²) in [5.41, 5.74) is 0.0146. The SMILES string of the molecule is N#Cc1ccc(Cl)c(S(=O)(=O)N(CC(F)(F)F)C2CC2)c1. The van der Waals surface area contributed by atoms with E-state index in [1.54, 1.807) is 6.07 Å². The summed E-state index contributed by atoms with van der Waals surface area (Å²) in [4.78, 5) is -0.473. The monoisotopic (exact) mass is 338 g/mol. The highest BCUT2D eigenvalue weighted by Crippen LogP contribution is 2.36. The van der Waals surface area contributed by atoms with Crippen LogP contribution in [0.25, 0.3) is 0 Å². The molecule has 1 aromatic carbocycles. The van der Waals surface area contributed by atoms with Gasteiger partial charge in [0.2, 0.25) is 10.0 Å². The normalized spacial score (nSPS) is 16.0. The van der Waals surface area contributed by atoms with Gasteiger partial charge in [-0.15, -0.1) is 0 Å². The Hall–Kier alpha value is -1.30. The third kappa shape index (κ3) is 3.67. The van der Waals surface area contributed by atoms with Crippen molar-refractivity contribution in [3.63, 3.8) is 0 Å². The van der Waals surface area contributed by atoms with Gasteiger partial charge in [-0.25, -0.2) is 8.42 Å². The van der Waals surface area contributed by atoms with Gasteiger partial charge in [0.25, 0.3) is 0 Å². The highest BCUT2D eigenvalue weighted by Gasteiger charge is 2.45. The van der Waals surface area contributed by atoms with Crippen LogP contribution >= 0.6 is 11.6 Å². The predicted octanol–water partition coefficient (Wildman–Crippen LogP) is 2.93. The summed E-state index contributed by atoms with van der Waals surface area (Å²) >= 11 is 5.78. The molecular formula is C12H10ClF3N2O2S. The molecule has 0 unspecified atom stereocenters. The predicted molar refractivity (Wildman–Crippen MR) is 69.1 cm³/mol. The zero-order chi connectivity index (χ0) is 15.8. The highest BCUT2D eigenvalue weighted by atomic mass is 35.5.